The number of ether oxygens (including phenoxy) is 2. The summed E-state index contributed by atoms with van der Waals surface area (Å²) in [4.78, 5) is 42.8. The molecule has 53 heavy (non-hydrogen) atoms. The van der Waals surface area contributed by atoms with Crippen molar-refractivity contribution in [3.63, 3.8) is 0 Å². The summed E-state index contributed by atoms with van der Waals surface area (Å²) in [6.07, 6.45) is 46.2. The van der Waals surface area contributed by atoms with Crippen molar-refractivity contribution in [2.45, 2.75) is 161 Å². The first-order valence-electron chi connectivity index (χ1n) is 20.0. The van der Waals surface area contributed by atoms with E-state index in [1.165, 1.54) is 38.5 Å². The summed E-state index contributed by atoms with van der Waals surface area (Å²) >= 11 is 0. The second kappa shape index (κ2) is 37.5. The summed E-state index contributed by atoms with van der Waals surface area (Å²) in [5.74, 6) is -1.12. The Labute approximate surface area is 321 Å². The van der Waals surface area contributed by atoms with E-state index in [2.05, 4.69) is 79.1 Å². The maximum Gasteiger partial charge on any atom is 0.469 e. The molecular formula is C43H71O9P. The van der Waals surface area contributed by atoms with Crippen LogP contribution in [0.1, 0.15) is 149 Å². The number of phosphoric ester groups is 1. The van der Waals surface area contributed by atoms with Crippen LogP contribution in [0.25, 0.3) is 0 Å². The molecule has 0 aromatic heterocycles. The highest BCUT2D eigenvalue weighted by atomic mass is 31.2. The number of carbonyl (C=O) groups excluding carboxylic acids is 2. The number of rotatable bonds is 35. The number of esters is 2. The molecule has 0 fully saturated rings. The van der Waals surface area contributed by atoms with Crippen LogP contribution in [0.2, 0.25) is 0 Å². The zero-order chi connectivity index (χ0) is 39.1. The average Bonchev–Trinajstić information content (AvgIpc) is 3.12. The Morgan fingerprint density at radius 3 is 1.74 bits per heavy atom. The lowest BCUT2D eigenvalue weighted by atomic mass is 10.1. The molecule has 302 valence electrons. The molecule has 9 nitrogen and oxygen atoms in total. The van der Waals surface area contributed by atoms with E-state index in [0.29, 0.717) is 19.3 Å². The summed E-state index contributed by atoms with van der Waals surface area (Å²) in [5.41, 5.74) is 0. The first-order valence-corrected chi connectivity index (χ1v) is 21.5. The molecule has 0 rings (SSSR count). The van der Waals surface area contributed by atoms with Gasteiger partial charge in [0, 0.05) is 12.8 Å². The maximum absolute atomic E-state index is 12.4. The van der Waals surface area contributed by atoms with Crippen molar-refractivity contribution in [2.24, 2.45) is 0 Å². The highest BCUT2D eigenvalue weighted by Gasteiger charge is 2.23. The molecule has 2 atom stereocenters. The van der Waals surface area contributed by atoms with Crippen molar-refractivity contribution in [2.75, 3.05) is 13.2 Å². The van der Waals surface area contributed by atoms with E-state index in [-0.39, 0.29) is 19.4 Å². The topological polar surface area (TPSA) is 140 Å². The maximum atomic E-state index is 12.4. The molecule has 0 heterocycles. The molecule has 0 aliphatic rings. The van der Waals surface area contributed by atoms with E-state index in [1.54, 1.807) is 12.2 Å². The SMILES string of the molecule is CC/C=C\C/C=C\C/C=C\C/C=C\CCCCCCC(=O)O[C@H](COC(=O)CCCC(O)/C=C/C=C/C/C=C/CCCCCCCC)COP(=O)(O)O. The van der Waals surface area contributed by atoms with Crippen molar-refractivity contribution >= 4 is 19.8 Å². The Balaban J connectivity index is 4.20. The van der Waals surface area contributed by atoms with Gasteiger partial charge in [-0.3, -0.25) is 14.1 Å². The predicted octanol–water partition coefficient (Wildman–Crippen LogP) is 11.0. The Morgan fingerprint density at radius 2 is 1.13 bits per heavy atom. The molecule has 0 aliphatic carbocycles. The molecule has 0 saturated carbocycles. The molecule has 0 spiro atoms. The number of phosphoric acid groups is 1. The van der Waals surface area contributed by atoms with Crippen LogP contribution in [0.15, 0.2) is 85.1 Å². The van der Waals surface area contributed by atoms with Gasteiger partial charge in [-0.15, -0.1) is 0 Å². The molecule has 0 radical (unpaired) electrons. The van der Waals surface area contributed by atoms with Crippen molar-refractivity contribution in [1.82, 2.24) is 0 Å². The van der Waals surface area contributed by atoms with Crippen LogP contribution in [0.3, 0.4) is 0 Å². The smallest absolute Gasteiger partial charge is 0.462 e. The minimum Gasteiger partial charge on any atom is -0.462 e. The van der Waals surface area contributed by atoms with Crippen molar-refractivity contribution in [3.8, 4) is 0 Å². The number of aliphatic hydroxyl groups excluding tert-OH is 1. The minimum absolute atomic E-state index is 0.0328. The van der Waals surface area contributed by atoms with Gasteiger partial charge in [0.05, 0.1) is 12.7 Å². The minimum atomic E-state index is -4.81. The standard InChI is InChI=1S/C43H71O9P/c1-3-5-7-9-11-13-15-17-18-19-20-22-24-26-28-30-32-36-43(46)52-41(39-51-53(47,48)49)38-50-42(45)37-33-35-40(44)34-31-29-27-25-23-21-16-14-12-10-8-6-4-2/h5,7,11,13,17-18,20-23,27,29,31,34,40-41,44H,3-4,6,8-10,12,14-16,19,24-26,28,30,32-33,35-39H2,1-2H3,(H2,47,48,49)/b7-5-,13-11-,18-17-,22-20-,23-21+,29-27+,34-31+/t40?,41-/m1/s1. The lowest BCUT2D eigenvalue weighted by Crippen LogP contribution is -2.29. The monoisotopic (exact) mass is 762 g/mol. The van der Waals surface area contributed by atoms with Crippen LogP contribution in [0.5, 0.6) is 0 Å². The van der Waals surface area contributed by atoms with Gasteiger partial charge < -0.3 is 24.4 Å². The van der Waals surface area contributed by atoms with E-state index in [1.807, 2.05) is 12.2 Å². The van der Waals surface area contributed by atoms with Gasteiger partial charge in [0.2, 0.25) is 0 Å². The van der Waals surface area contributed by atoms with Crippen molar-refractivity contribution in [3.05, 3.63) is 85.1 Å². The summed E-state index contributed by atoms with van der Waals surface area (Å²) in [5, 5.41) is 10.2. The van der Waals surface area contributed by atoms with Gasteiger partial charge in [-0.2, -0.15) is 0 Å². The number of allylic oxidation sites excluding steroid dienone is 13. The van der Waals surface area contributed by atoms with E-state index in [4.69, 9.17) is 19.3 Å². The molecule has 0 aliphatic heterocycles. The lowest BCUT2D eigenvalue weighted by molar-refractivity contribution is -0.161. The second-order valence-corrected chi connectivity index (χ2v) is 14.3. The Morgan fingerprint density at radius 1 is 0.604 bits per heavy atom. The van der Waals surface area contributed by atoms with E-state index in [0.717, 1.165) is 64.2 Å². The zero-order valence-corrected chi connectivity index (χ0v) is 33.6. The summed E-state index contributed by atoms with van der Waals surface area (Å²) in [6, 6.07) is 0. The average molecular weight is 763 g/mol. The molecular weight excluding hydrogens is 691 g/mol. The van der Waals surface area contributed by atoms with Gasteiger partial charge in [0.15, 0.2) is 6.10 Å². The van der Waals surface area contributed by atoms with Gasteiger partial charge in [0.1, 0.15) is 6.61 Å². The van der Waals surface area contributed by atoms with Crippen LogP contribution >= 0.6 is 7.82 Å². The third kappa shape index (κ3) is 40.2. The van der Waals surface area contributed by atoms with Gasteiger partial charge in [0.25, 0.3) is 0 Å². The van der Waals surface area contributed by atoms with Crippen LogP contribution in [0.4, 0.5) is 0 Å². The van der Waals surface area contributed by atoms with Crippen LogP contribution in [0, 0.1) is 0 Å². The largest absolute Gasteiger partial charge is 0.469 e. The summed E-state index contributed by atoms with van der Waals surface area (Å²) in [6.45, 7) is 3.36. The van der Waals surface area contributed by atoms with Crippen LogP contribution in [-0.2, 0) is 28.2 Å². The fraction of sp³-hybridized carbons (Fsp3) is 0.628. The second-order valence-electron chi connectivity index (χ2n) is 13.1. The van der Waals surface area contributed by atoms with Crippen LogP contribution in [-0.4, -0.2) is 52.3 Å². The molecule has 0 aromatic rings. The van der Waals surface area contributed by atoms with Crippen LogP contribution < -0.4 is 0 Å². The predicted molar refractivity (Wildman–Crippen MR) is 217 cm³/mol. The first kappa shape index (κ1) is 50.2. The molecule has 3 N–H and O–H groups in total. The third-order valence-corrected chi connectivity index (χ3v) is 8.49. The Hall–Kier alpha value is -2.81. The summed E-state index contributed by atoms with van der Waals surface area (Å²) < 4.78 is 26.2. The van der Waals surface area contributed by atoms with Gasteiger partial charge >= 0.3 is 19.8 Å². The van der Waals surface area contributed by atoms with Crippen molar-refractivity contribution < 1.29 is 43.0 Å². The van der Waals surface area contributed by atoms with E-state index < -0.39 is 38.6 Å². The van der Waals surface area contributed by atoms with Gasteiger partial charge in [-0.25, -0.2) is 4.57 Å². The zero-order valence-electron chi connectivity index (χ0n) is 32.7. The number of hydrogen-bond donors (Lipinski definition) is 3. The molecule has 1 unspecified atom stereocenters. The molecule has 10 heteroatoms. The fourth-order valence-corrected chi connectivity index (χ4v) is 5.38. The number of aliphatic hydroxyl groups is 1. The number of unbranched alkanes of at least 4 members (excludes halogenated alkanes) is 10. The van der Waals surface area contributed by atoms with Gasteiger partial charge in [-0.1, -0.05) is 144 Å². The van der Waals surface area contributed by atoms with Gasteiger partial charge in [-0.05, 0) is 77.0 Å². The first-order chi connectivity index (χ1) is 25.7. The molecule has 0 saturated heterocycles. The van der Waals surface area contributed by atoms with E-state index >= 15 is 0 Å². The Kier molecular flexibility index (Phi) is 35.5. The van der Waals surface area contributed by atoms with E-state index in [9.17, 15) is 19.3 Å². The number of hydrogen-bond acceptors (Lipinski definition) is 7. The number of carbonyl (C=O) groups is 2. The summed E-state index contributed by atoms with van der Waals surface area (Å²) in [7, 11) is -4.81. The fourth-order valence-electron chi connectivity index (χ4n) is 5.02. The Bertz CT molecular complexity index is 1150. The highest BCUT2D eigenvalue weighted by Crippen LogP contribution is 2.36. The molecule has 0 bridgehead atoms. The quantitative estimate of drug-likeness (QED) is 0.0189. The molecule has 0 amide bonds. The van der Waals surface area contributed by atoms with Crippen molar-refractivity contribution in [1.29, 1.82) is 0 Å². The normalized spacial score (nSPS) is 14.0. The molecule has 0 aromatic carbocycles. The highest BCUT2D eigenvalue weighted by molar-refractivity contribution is 7.46. The third-order valence-electron chi connectivity index (χ3n) is 8.00. The lowest BCUT2D eigenvalue weighted by Gasteiger charge is -2.18.